The number of hydrogen-bond acceptors (Lipinski definition) is 3. The standard InChI is InChI=1S/C15H15BrN4/c1-11(12-5-3-2-4-6-12)17-7-13-8-19-15-9-18-14(16)10-20(13)15/h2-6,8-11,17H,7H2,1H3/t11-/m1/s1. The van der Waals surface area contributed by atoms with E-state index >= 15 is 0 Å². The molecule has 1 aromatic carbocycles. The van der Waals surface area contributed by atoms with Crippen molar-refractivity contribution < 1.29 is 0 Å². The highest BCUT2D eigenvalue weighted by molar-refractivity contribution is 9.10. The average molecular weight is 331 g/mol. The fraction of sp³-hybridized carbons (Fsp3) is 0.200. The van der Waals surface area contributed by atoms with Crippen LogP contribution < -0.4 is 5.32 Å². The summed E-state index contributed by atoms with van der Waals surface area (Å²) in [5, 5.41) is 3.52. The number of nitrogens with zero attached hydrogens (tertiary/aromatic N) is 3. The fourth-order valence-electron chi connectivity index (χ4n) is 2.16. The Balaban J connectivity index is 1.75. The molecule has 20 heavy (non-hydrogen) atoms. The van der Waals surface area contributed by atoms with Crippen LogP contribution >= 0.6 is 15.9 Å². The quantitative estimate of drug-likeness (QED) is 0.797. The number of imidazole rings is 1. The molecular formula is C15H15BrN4. The highest BCUT2D eigenvalue weighted by Crippen LogP contribution is 2.14. The summed E-state index contributed by atoms with van der Waals surface area (Å²) in [7, 11) is 0. The molecule has 102 valence electrons. The lowest BCUT2D eigenvalue weighted by Gasteiger charge is -2.13. The van der Waals surface area contributed by atoms with Crippen LogP contribution in [0.2, 0.25) is 0 Å². The van der Waals surface area contributed by atoms with Crippen LogP contribution in [0.3, 0.4) is 0 Å². The van der Waals surface area contributed by atoms with Gasteiger partial charge in [-0.25, -0.2) is 9.97 Å². The monoisotopic (exact) mass is 330 g/mol. The van der Waals surface area contributed by atoms with E-state index in [0.717, 1.165) is 22.5 Å². The van der Waals surface area contributed by atoms with Crippen molar-refractivity contribution in [2.45, 2.75) is 19.5 Å². The molecular weight excluding hydrogens is 316 g/mol. The second-order valence-corrected chi connectivity index (χ2v) is 5.51. The number of hydrogen-bond donors (Lipinski definition) is 1. The largest absolute Gasteiger partial charge is 0.305 e. The molecule has 0 fully saturated rings. The fourth-order valence-corrected chi connectivity index (χ4v) is 2.47. The molecule has 3 aromatic rings. The number of rotatable bonds is 4. The first-order chi connectivity index (χ1) is 9.74. The highest BCUT2D eigenvalue weighted by Gasteiger charge is 2.07. The third kappa shape index (κ3) is 2.73. The predicted octanol–water partition coefficient (Wildman–Crippen LogP) is 3.34. The molecule has 0 saturated heterocycles. The van der Waals surface area contributed by atoms with E-state index in [1.54, 1.807) is 6.20 Å². The molecule has 0 amide bonds. The molecule has 0 unspecified atom stereocenters. The van der Waals surface area contributed by atoms with Gasteiger partial charge in [-0.05, 0) is 28.4 Å². The summed E-state index contributed by atoms with van der Waals surface area (Å²) in [4.78, 5) is 8.53. The molecule has 2 aromatic heterocycles. The minimum Gasteiger partial charge on any atom is -0.305 e. The predicted molar refractivity (Wildman–Crippen MR) is 82.4 cm³/mol. The van der Waals surface area contributed by atoms with Crippen molar-refractivity contribution >= 4 is 21.6 Å². The minimum absolute atomic E-state index is 0.298. The Morgan fingerprint density at radius 1 is 1.20 bits per heavy atom. The molecule has 0 aliphatic rings. The van der Waals surface area contributed by atoms with E-state index in [4.69, 9.17) is 0 Å². The molecule has 0 aliphatic heterocycles. The maximum absolute atomic E-state index is 4.35. The van der Waals surface area contributed by atoms with Crippen LogP contribution in [0.4, 0.5) is 0 Å². The Morgan fingerprint density at radius 3 is 2.80 bits per heavy atom. The zero-order valence-corrected chi connectivity index (χ0v) is 12.7. The van der Waals surface area contributed by atoms with Crippen molar-refractivity contribution in [2.24, 2.45) is 0 Å². The van der Waals surface area contributed by atoms with Crippen LogP contribution in [0.1, 0.15) is 24.2 Å². The molecule has 0 bridgehead atoms. The molecule has 1 atom stereocenters. The van der Waals surface area contributed by atoms with E-state index in [0.29, 0.717) is 6.04 Å². The molecule has 0 spiro atoms. The van der Waals surface area contributed by atoms with Crippen LogP contribution in [0, 0.1) is 0 Å². The van der Waals surface area contributed by atoms with Crippen LogP contribution in [0.25, 0.3) is 5.65 Å². The summed E-state index contributed by atoms with van der Waals surface area (Å²) < 4.78 is 2.85. The normalized spacial score (nSPS) is 12.7. The van der Waals surface area contributed by atoms with E-state index in [1.165, 1.54) is 5.56 Å². The van der Waals surface area contributed by atoms with Crippen LogP contribution in [-0.2, 0) is 6.54 Å². The smallest absolute Gasteiger partial charge is 0.155 e. The molecule has 2 heterocycles. The third-order valence-corrected chi connectivity index (χ3v) is 3.74. The van der Waals surface area contributed by atoms with Crippen LogP contribution in [-0.4, -0.2) is 14.4 Å². The molecule has 1 N–H and O–H groups in total. The van der Waals surface area contributed by atoms with Gasteiger partial charge in [-0.2, -0.15) is 0 Å². The van der Waals surface area contributed by atoms with Crippen molar-refractivity contribution in [1.82, 2.24) is 19.7 Å². The van der Waals surface area contributed by atoms with E-state index in [9.17, 15) is 0 Å². The zero-order valence-electron chi connectivity index (χ0n) is 11.1. The molecule has 0 radical (unpaired) electrons. The Kier molecular flexibility index (Phi) is 3.80. The maximum atomic E-state index is 4.35. The summed E-state index contributed by atoms with van der Waals surface area (Å²) in [6.07, 6.45) is 5.58. The lowest BCUT2D eigenvalue weighted by Crippen LogP contribution is -2.18. The van der Waals surface area contributed by atoms with Gasteiger partial charge in [0, 0.05) is 18.8 Å². The van der Waals surface area contributed by atoms with Gasteiger partial charge in [-0.15, -0.1) is 0 Å². The van der Waals surface area contributed by atoms with E-state index in [2.05, 4.69) is 62.4 Å². The Bertz CT molecular complexity index is 708. The Morgan fingerprint density at radius 2 is 2.00 bits per heavy atom. The number of benzene rings is 1. The van der Waals surface area contributed by atoms with E-state index < -0.39 is 0 Å². The number of fused-ring (bicyclic) bond motifs is 1. The van der Waals surface area contributed by atoms with Crippen molar-refractivity contribution in [1.29, 1.82) is 0 Å². The molecule has 0 aliphatic carbocycles. The summed E-state index contributed by atoms with van der Waals surface area (Å²) in [5.41, 5.74) is 3.26. The van der Waals surface area contributed by atoms with Crippen molar-refractivity contribution in [3.8, 4) is 0 Å². The zero-order chi connectivity index (χ0) is 13.9. The molecule has 0 saturated carbocycles. The Labute approximate surface area is 126 Å². The second kappa shape index (κ2) is 5.73. The first kappa shape index (κ1) is 13.3. The number of nitrogens with one attached hydrogen (secondary N) is 1. The number of halogens is 1. The van der Waals surface area contributed by atoms with Gasteiger partial charge in [0.2, 0.25) is 0 Å². The van der Waals surface area contributed by atoms with Gasteiger partial charge in [0.05, 0.1) is 18.1 Å². The van der Waals surface area contributed by atoms with Gasteiger partial charge in [-0.1, -0.05) is 30.3 Å². The van der Waals surface area contributed by atoms with Gasteiger partial charge < -0.3 is 5.32 Å². The van der Waals surface area contributed by atoms with E-state index in [1.807, 2.05) is 22.9 Å². The Hall–Kier alpha value is -1.72. The van der Waals surface area contributed by atoms with Gasteiger partial charge in [0.15, 0.2) is 5.65 Å². The topological polar surface area (TPSA) is 42.2 Å². The van der Waals surface area contributed by atoms with Crippen molar-refractivity contribution in [3.63, 3.8) is 0 Å². The molecule has 5 heteroatoms. The summed E-state index contributed by atoms with van der Waals surface area (Å²) in [5.74, 6) is 0. The molecule has 3 rings (SSSR count). The van der Waals surface area contributed by atoms with Crippen LogP contribution in [0.5, 0.6) is 0 Å². The van der Waals surface area contributed by atoms with Gasteiger partial charge in [-0.3, -0.25) is 4.40 Å². The lowest BCUT2D eigenvalue weighted by molar-refractivity contribution is 0.565. The van der Waals surface area contributed by atoms with Gasteiger partial charge in [0.1, 0.15) is 4.60 Å². The van der Waals surface area contributed by atoms with Gasteiger partial charge in [0.25, 0.3) is 0 Å². The maximum Gasteiger partial charge on any atom is 0.155 e. The third-order valence-electron chi connectivity index (χ3n) is 3.33. The summed E-state index contributed by atoms with van der Waals surface area (Å²) in [6.45, 7) is 2.92. The number of aromatic nitrogens is 3. The highest BCUT2D eigenvalue weighted by atomic mass is 79.9. The summed E-state index contributed by atoms with van der Waals surface area (Å²) >= 11 is 3.39. The van der Waals surface area contributed by atoms with Crippen molar-refractivity contribution in [2.75, 3.05) is 0 Å². The lowest BCUT2D eigenvalue weighted by atomic mass is 10.1. The minimum atomic E-state index is 0.298. The second-order valence-electron chi connectivity index (χ2n) is 4.70. The summed E-state index contributed by atoms with van der Waals surface area (Å²) in [6, 6.07) is 10.7. The van der Waals surface area contributed by atoms with Crippen LogP contribution in [0.15, 0.2) is 53.5 Å². The van der Waals surface area contributed by atoms with E-state index in [-0.39, 0.29) is 0 Å². The molecule has 4 nitrogen and oxygen atoms in total. The van der Waals surface area contributed by atoms with Crippen molar-refractivity contribution in [3.05, 3.63) is 64.8 Å². The average Bonchev–Trinajstić information content (AvgIpc) is 2.88. The SMILES string of the molecule is C[C@@H](NCc1cnc2cnc(Br)cn12)c1ccccc1. The van der Waals surface area contributed by atoms with Gasteiger partial charge >= 0.3 is 0 Å². The first-order valence-electron chi connectivity index (χ1n) is 6.50. The first-order valence-corrected chi connectivity index (χ1v) is 7.29.